The second-order valence-corrected chi connectivity index (χ2v) is 13.3. The molecule has 0 amide bonds. The van der Waals surface area contributed by atoms with E-state index in [4.69, 9.17) is 15.0 Å². The standard InChI is InChI=1S/C46H28N6O/c53-45-44-47-37-28-31(30-23-25-39-35(27-30)33-17-8-10-20-38(33)50(39)32-15-5-2-6-16-32)24-26-40(37)51(44)41-21-11-12-22-42(41)52(45)46-48-36-19-9-7-18-34(36)43(49-46)29-13-3-1-4-14-29/h1-28H. The number of hydrogen-bond donors (Lipinski definition) is 0. The molecule has 0 unspecified atom stereocenters. The van der Waals surface area contributed by atoms with Crippen LogP contribution >= 0.6 is 0 Å². The van der Waals surface area contributed by atoms with E-state index in [0.717, 1.165) is 66.6 Å². The van der Waals surface area contributed by atoms with Crippen molar-refractivity contribution in [3.63, 3.8) is 0 Å². The van der Waals surface area contributed by atoms with Crippen LogP contribution in [0.3, 0.4) is 0 Å². The molecular formula is C46H28N6O. The van der Waals surface area contributed by atoms with Gasteiger partial charge in [-0.3, -0.25) is 9.20 Å². The molecule has 0 saturated carbocycles. The minimum atomic E-state index is -0.286. The van der Waals surface area contributed by atoms with Gasteiger partial charge in [-0.25, -0.2) is 19.5 Å². The molecule has 0 aliphatic rings. The van der Waals surface area contributed by atoms with Crippen molar-refractivity contribution in [3.8, 4) is 34.0 Å². The molecule has 0 aliphatic carbocycles. The molecule has 7 heteroatoms. The van der Waals surface area contributed by atoms with Crippen LogP contribution in [-0.4, -0.2) is 28.5 Å². The van der Waals surface area contributed by atoms with Crippen LogP contribution < -0.4 is 5.56 Å². The highest BCUT2D eigenvalue weighted by molar-refractivity contribution is 6.10. The van der Waals surface area contributed by atoms with E-state index in [1.807, 2.05) is 89.3 Å². The van der Waals surface area contributed by atoms with Crippen LogP contribution in [-0.2, 0) is 0 Å². The topological polar surface area (TPSA) is 70.0 Å². The highest BCUT2D eigenvalue weighted by Gasteiger charge is 2.21. The normalized spacial score (nSPS) is 11.8. The van der Waals surface area contributed by atoms with Crippen LogP contribution in [0.1, 0.15) is 0 Å². The van der Waals surface area contributed by atoms with Gasteiger partial charge in [-0.15, -0.1) is 0 Å². The Kier molecular flexibility index (Phi) is 6.27. The Morgan fingerprint density at radius 1 is 0.396 bits per heavy atom. The van der Waals surface area contributed by atoms with E-state index in [9.17, 15) is 4.79 Å². The first-order valence-electron chi connectivity index (χ1n) is 17.6. The molecule has 0 spiro atoms. The number of fused-ring (bicyclic) bond motifs is 9. The van der Waals surface area contributed by atoms with Crippen molar-refractivity contribution in [3.05, 3.63) is 180 Å². The Morgan fingerprint density at radius 3 is 1.83 bits per heavy atom. The van der Waals surface area contributed by atoms with Crippen molar-refractivity contribution in [2.75, 3.05) is 0 Å². The van der Waals surface area contributed by atoms with Gasteiger partial charge in [-0.2, -0.15) is 0 Å². The number of benzene rings is 7. The highest BCUT2D eigenvalue weighted by atomic mass is 16.1. The van der Waals surface area contributed by atoms with Crippen molar-refractivity contribution in [1.82, 2.24) is 28.5 Å². The second kappa shape index (κ2) is 11.3. The fourth-order valence-corrected chi connectivity index (χ4v) is 7.89. The van der Waals surface area contributed by atoms with Crippen molar-refractivity contribution < 1.29 is 0 Å². The molecule has 248 valence electrons. The Labute approximate surface area is 302 Å². The molecule has 0 N–H and O–H groups in total. The lowest BCUT2D eigenvalue weighted by Gasteiger charge is -2.14. The van der Waals surface area contributed by atoms with Gasteiger partial charge in [0.2, 0.25) is 11.6 Å². The molecule has 11 aromatic rings. The van der Waals surface area contributed by atoms with Crippen LogP contribution in [0.2, 0.25) is 0 Å². The zero-order chi connectivity index (χ0) is 35.0. The predicted molar refractivity (Wildman–Crippen MR) is 214 cm³/mol. The fraction of sp³-hybridized carbons (Fsp3) is 0. The summed E-state index contributed by atoms with van der Waals surface area (Å²) in [7, 11) is 0. The predicted octanol–water partition coefficient (Wildman–Crippen LogP) is 10.2. The molecule has 0 saturated heterocycles. The van der Waals surface area contributed by atoms with Crippen molar-refractivity contribution in [2.45, 2.75) is 0 Å². The molecule has 7 nitrogen and oxygen atoms in total. The molecule has 0 radical (unpaired) electrons. The Morgan fingerprint density at radius 2 is 1.02 bits per heavy atom. The summed E-state index contributed by atoms with van der Waals surface area (Å²) in [5.41, 5.74) is 11.2. The molecule has 11 rings (SSSR count). The molecule has 4 aromatic heterocycles. The molecule has 0 atom stereocenters. The van der Waals surface area contributed by atoms with E-state index in [-0.39, 0.29) is 5.56 Å². The highest BCUT2D eigenvalue weighted by Crippen LogP contribution is 2.36. The number of nitrogens with zero attached hydrogens (tertiary/aromatic N) is 6. The molecule has 53 heavy (non-hydrogen) atoms. The van der Waals surface area contributed by atoms with Gasteiger partial charge >= 0.3 is 5.56 Å². The largest absolute Gasteiger partial charge is 0.309 e. The summed E-state index contributed by atoms with van der Waals surface area (Å²) in [5.74, 6) is 0.307. The summed E-state index contributed by atoms with van der Waals surface area (Å²) in [6.07, 6.45) is 0. The van der Waals surface area contributed by atoms with Crippen LogP contribution in [0, 0.1) is 0 Å². The maximum Gasteiger partial charge on any atom is 0.301 e. The summed E-state index contributed by atoms with van der Waals surface area (Å²) in [6.45, 7) is 0. The van der Waals surface area contributed by atoms with Crippen LogP contribution in [0.5, 0.6) is 0 Å². The smallest absolute Gasteiger partial charge is 0.301 e. The SMILES string of the molecule is O=c1c2nc3cc(-c4ccc5c(c4)c4ccccc4n5-c4ccccc4)ccc3n2c2ccccc2n1-c1nc(-c2ccccc2)c2ccccc2n1. The van der Waals surface area contributed by atoms with Gasteiger partial charge in [0.25, 0.3) is 0 Å². The first-order valence-corrected chi connectivity index (χ1v) is 17.6. The first kappa shape index (κ1) is 29.4. The van der Waals surface area contributed by atoms with Crippen molar-refractivity contribution in [2.24, 2.45) is 0 Å². The lowest BCUT2D eigenvalue weighted by atomic mass is 10.0. The van der Waals surface area contributed by atoms with E-state index in [1.54, 1.807) is 4.57 Å². The fourth-order valence-electron chi connectivity index (χ4n) is 7.89. The van der Waals surface area contributed by atoms with E-state index >= 15 is 0 Å². The molecule has 0 bridgehead atoms. The average molecular weight is 681 g/mol. The molecule has 0 fully saturated rings. The van der Waals surface area contributed by atoms with Gasteiger partial charge < -0.3 is 4.57 Å². The number of hydrogen-bond acceptors (Lipinski definition) is 4. The number of imidazole rings is 1. The van der Waals surface area contributed by atoms with Gasteiger partial charge in [0.05, 0.1) is 44.3 Å². The van der Waals surface area contributed by atoms with Crippen LogP contribution in [0.25, 0.3) is 94.4 Å². The summed E-state index contributed by atoms with van der Waals surface area (Å²) < 4.78 is 5.88. The molecule has 4 heterocycles. The maximum atomic E-state index is 14.6. The lowest BCUT2D eigenvalue weighted by molar-refractivity contribution is 0.928. The van der Waals surface area contributed by atoms with Gasteiger partial charge in [0, 0.05) is 27.4 Å². The summed E-state index contributed by atoms with van der Waals surface area (Å²) in [5, 5.41) is 3.29. The minimum Gasteiger partial charge on any atom is -0.309 e. The van der Waals surface area contributed by atoms with Crippen LogP contribution in [0.4, 0.5) is 0 Å². The zero-order valence-electron chi connectivity index (χ0n) is 28.3. The van der Waals surface area contributed by atoms with Crippen molar-refractivity contribution in [1.29, 1.82) is 0 Å². The summed E-state index contributed by atoms with van der Waals surface area (Å²) >= 11 is 0. The van der Waals surface area contributed by atoms with Gasteiger partial charge in [0.15, 0.2) is 0 Å². The zero-order valence-corrected chi connectivity index (χ0v) is 28.3. The maximum absolute atomic E-state index is 14.6. The number of aromatic nitrogens is 6. The lowest BCUT2D eigenvalue weighted by Crippen LogP contribution is -2.24. The van der Waals surface area contributed by atoms with E-state index in [2.05, 4.69) is 89.5 Å². The second-order valence-electron chi connectivity index (χ2n) is 13.3. The molecular weight excluding hydrogens is 653 g/mol. The Hall–Kier alpha value is -7.38. The number of rotatable bonds is 4. The summed E-state index contributed by atoms with van der Waals surface area (Å²) in [4.78, 5) is 29.6. The van der Waals surface area contributed by atoms with Crippen LogP contribution in [0.15, 0.2) is 175 Å². The monoisotopic (exact) mass is 680 g/mol. The van der Waals surface area contributed by atoms with Gasteiger partial charge in [-0.05, 0) is 71.8 Å². The van der Waals surface area contributed by atoms with E-state index in [0.29, 0.717) is 17.1 Å². The van der Waals surface area contributed by atoms with Gasteiger partial charge in [0.1, 0.15) is 0 Å². The third-order valence-corrected chi connectivity index (χ3v) is 10.3. The number of para-hydroxylation sites is 5. The minimum absolute atomic E-state index is 0.286. The van der Waals surface area contributed by atoms with E-state index in [1.165, 1.54) is 10.8 Å². The third-order valence-electron chi connectivity index (χ3n) is 10.3. The van der Waals surface area contributed by atoms with E-state index < -0.39 is 0 Å². The Bertz CT molecular complexity index is 3310. The first-order chi connectivity index (χ1) is 26.2. The average Bonchev–Trinajstić information content (AvgIpc) is 3.77. The summed E-state index contributed by atoms with van der Waals surface area (Å²) in [6, 6.07) is 57.7. The molecule has 0 aliphatic heterocycles. The molecule has 7 aromatic carbocycles. The third kappa shape index (κ3) is 4.41. The van der Waals surface area contributed by atoms with Crippen molar-refractivity contribution >= 4 is 60.4 Å². The quantitative estimate of drug-likeness (QED) is 0.186. The Balaban J connectivity index is 1.12. The van der Waals surface area contributed by atoms with Gasteiger partial charge in [-0.1, -0.05) is 109 Å².